The van der Waals surface area contributed by atoms with Crippen LogP contribution in [0.5, 0.6) is 0 Å². The van der Waals surface area contributed by atoms with Gasteiger partial charge in [0.05, 0.1) is 11.9 Å². The summed E-state index contributed by atoms with van der Waals surface area (Å²) in [4.78, 5) is 26.1. The first-order valence-electron chi connectivity index (χ1n) is 10.8. The third-order valence-electron chi connectivity index (χ3n) is 5.98. The Morgan fingerprint density at radius 3 is 2.47 bits per heavy atom. The van der Waals surface area contributed by atoms with Crippen molar-refractivity contribution in [2.75, 3.05) is 26.2 Å². The van der Waals surface area contributed by atoms with Gasteiger partial charge >= 0.3 is 0 Å². The number of aromatic nitrogens is 2. The number of hydrogen-bond acceptors (Lipinski definition) is 5. The van der Waals surface area contributed by atoms with Crippen LogP contribution in [-0.4, -0.2) is 45.9 Å². The van der Waals surface area contributed by atoms with E-state index in [1.165, 1.54) is 34.6 Å². The Morgan fingerprint density at radius 2 is 1.75 bits per heavy atom. The Balaban J connectivity index is 1.26. The molecule has 1 fully saturated rings. The number of thiophene rings is 1. The minimum Gasteiger partial charge on any atom is -0.309 e. The predicted octanol–water partition coefficient (Wildman–Crippen LogP) is 4.42. The molecule has 1 saturated heterocycles. The monoisotopic (exact) mass is 448 g/mol. The van der Waals surface area contributed by atoms with Crippen molar-refractivity contribution in [2.45, 2.75) is 20.0 Å². The third-order valence-corrected chi connectivity index (χ3v) is 6.85. The van der Waals surface area contributed by atoms with E-state index in [9.17, 15) is 9.18 Å². The Labute approximate surface area is 190 Å². The van der Waals surface area contributed by atoms with E-state index in [-0.39, 0.29) is 11.4 Å². The van der Waals surface area contributed by atoms with E-state index in [1.54, 1.807) is 12.1 Å². The van der Waals surface area contributed by atoms with Crippen molar-refractivity contribution in [3.05, 3.63) is 87.0 Å². The van der Waals surface area contributed by atoms with Crippen molar-refractivity contribution in [2.24, 2.45) is 0 Å². The number of H-pyrrole nitrogens is 1. The lowest BCUT2D eigenvalue weighted by atomic mass is 10.1. The lowest BCUT2D eigenvalue weighted by Gasteiger charge is -2.34. The first kappa shape index (κ1) is 21.0. The Hall–Kier alpha value is -2.87. The number of rotatable bonds is 5. The van der Waals surface area contributed by atoms with Gasteiger partial charge in [-0.15, -0.1) is 11.3 Å². The number of aryl methyl sites for hydroxylation is 1. The molecule has 1 aliphatic heterocycles. The first-order valence-corrected chi connectivity index (χ1v) is 11.7. The van der Waals surface area contributed by atoms with Crippen molar-refractivity contribution in [1.29, 1.82) is 0 Å². The van der Waals surface area contributed by atoms with Gasteiger partial charge in [0.15, 0.2) is 0 Å². The molecule has 0 radical (unpaired) electrons. The normalized spacial score (nSPS) is 15.4. The molecule has 0 amide bonds. The van der Waals surface area contributed by atoms with Crippen LogP contribution in [0.25, 0.3) is 21.3 Å². The molecule has 1 aliphatic rings. The number of nitrogens with one attached hydrogen (secondary N) is 1. The molecular weight excluding hydrogens is 423 g/mol. The fourth-order valence-corrected chi connectivity index (χ4v) is 5.26. The van der Waals surface area contributed by atoms with Crippen LogP contribution in [0.2, 0.25) is 0 Å². The highest BCUT2D eigenvalue weighted by Gasteiger charge is 2.19. The van der Waals surface area contributed by atoms with Gasteiger partial charge in [-0.05, 0) is 30.2 Å². The molecule has 5 rings (SSSR count). The third kappa shape index (κ3) is 4.50. The molecule has 5 nitrogen and oxygen atoms in total. The molecule has 7 heteroatoms. The van der Waals surface area contributed by atoms with Crippen LogP contribution < -0.4 is 5.56 Å². The quantitative estimate of drug-likeness (QED) is 0.491. The van der Waals surface area contributed by atoms with Crippen LogP contribution in [-0.2, 0) is 13.1 Å². The summed E-state index contributed by atoms with van der Waals surface area (Å²) < 4.78 is 13.3. The molecule has 0 unspecified atom stereocenters. The lowest BCUT2D eigenvalue weighted by molar-refractivity contribution is 0.120. The zero-order valence-electron chi connectivity index (χ0n) is 18.0. The molecule has 1 N–H and O–H groups in total. The van der Waals surface area contributed by atoms with Crippen molar-refractivity contribution in [3.63, 3.8) is 0 Å². The summed E-state index contributed by atoms with van der Waals surface area (Å²) in [6, 6.07) is 14.9. The maximum atomic E-state index is 13.3. The number of aromatic amines is 1. The molecule has 0 aliphatic carbocycles. The van der Waals surface area contributed by atoms with E-state index in [1.807, 2.05) is 5.38 Å². The fourth-order valence-electron chi connectivity index (χ4n) is 4.30. The van der Waals surface area contributed by atoms with Gasteiger partial charge in [0.1, 0.15) is 16.5 Å². The van der Waals surface area contributed by atoms with Crippen LogP contribution >= 0.6 is 11.3 Å². The molecular formula is C25H25FN4OS. The van der Waals surface area contributed by atoms with E-state index in [0.29, 0.717) is 17.8 Å². The van der Waals surface area contributed by atoms with Crippen LogP contribution in [0, 0.1) is 12.7 Å². The summed E-state index contributed by atoms with van der Waals surface area (Å²) in [5.41, 5.74) is 4.13. The minimum absolute atomic E-state index is 0.136. The minimum atomic E-state index is -0.290. The van der Waals surface area contributed by atoms with Gasteiger partial charge in [-0.25, -0.2) is 9.37 Å². The van der Waals surface area contributed by atoms with E-state index >= 15 is 0 Å². The van der Waals surface area contributed by atoms with Gasteiger partial charge in [0.25, 0.3) is 5.56 Å². The van der Waals surface area contributed by atoms with Gasteiger partial charge in [-0.3, -0.25) is 14.6 Å². The molecule has 0 saturated carbocycles. The Kier molecular flexibility index (Phi) is 5.87. The van der Waals surface area contributed by atoms with Crippen molar-refractivity contribution in [1.82, 2.24) is 19.8 Å². The average molecular weight is 449 g/mol. The molecule has 3 heterocycles. The number of halogens is 1. The summed E-state index contributed by atoms with van der Waals surface area (Å²) >= 11 is 1.45. The second-order valence-electron chi connectivity index (χ2n) is 8.39. The summed E-state index contributed by atoms with van der Waals surface area (Å²) in [7, 11) is 0. The van der Waals surface area contributed by atoms with Crippen LogP contribution in [0.4, 0.5) is 4.39 Å². The van der Waals surface area contributed by atoms with Gasteiger partial charge in [0, 0.05) is 43.7 Å². The van der Waals surface area contributed by atoms with E-state index in [4.69, 9.17) is 4.98 Å². The molecule has 2 aromatic heterocycles. The summed E-state index contributed by atoms with van der Waals surface area (Å²) in [5.74, 6) is 0.406. The van der Waals surface area contributed by atoms with Crippen LogP contribution in [0.3, 0.4) is 0 Å². The Bertz CT molecular complexity index is 1290. The highest BCUT2D eigenvalue weighted by atomic mass is 32.1. The zero-order valence-corrected chi connectivity index (χ0v) is 18.8. The summed E-state index contributed by atoms with van der Waals surface area (Å²) in [6.07, 6.45) is 0. The van der Waals surface area contributed by atoms with Crippen molar-refractivity contribution < 1.29 is 4.39 Å². The topological polar surface area (TPSA) is 52.2 Å². The number of nitrogens with zero attached hydrogens (tertiary/aromatic N) is 3. The van der Waals surface area contributed by atoms with Crippen LogP contribution in [0.1, 0.15) is 17.0 Å². The van der Waals surface area contributed by atoms with Gasteiger partial charge in [-0.2, -0.15) is 0 Å². The summed E-state index contributed by atoms with van der Waals surface area (Å²) in [6.45, 7) is 7.60. The zero-order chi connectivity index (χ0) is 22.1. The molecule has 2 aromatic carbocycles. The molecule has 0 spiro atoms. The average Bonchev–Trinajstić information content (AvgIpc) is 3.20. The molecule has 0 atom stereocenters. The standard InChI is InChI=1S/C25H25FN4OS/c1-17-3-2-4-18(13-17)14-29-9-11-30(12-10-29)15-22-27-24(31)23-21(16-32-25(23)28-22)19-5-7-20(26)8-6-19/h2-8,13,16H,9-12,14-15H2,1H3,(H,27,28,31). The molecule has 4 aromatic rings. The molecule has 32 heavy (non-hydrogen) atoms. The fraction of sp³-hybridized carbons (Fsp3) is 0.280. The van der Waals surface area contributed by atoms with E-state index < -0.39 is 0 Å². The highest BCUT2D eigenvalue weighted by molar-refractivity contribution is 7.17. The predicted molar refractivity (Wildman–Crippen MR) is 127 cm³/mol. The molecule has 164 valence electrons. The van der Waals surface area contributed by atoms with Gasteiger partial charge in [0.2, 0.25) is 0 Å². The molecule has 0 bridgehead atoms. The summed E-state index contributed by atoms with van der Waals surface area (Å²) in [5, 5.41) is 2.50. The van der Waals surface area contributed by atoms with Crippen LogP contribution in [0.15, 0.2) is 58.7 Å². The van der Waals surface area contributed by atoms with Crippen molar-refractivity contribution in [3.8, 4) is 11.1 Å². The van der Waals surface area contributed by atoms with Gasteiger partial charge < -0.3 is 4.98 Å². The lowest BCUT2D eigenvalue weighted by Crippen LogP contribution is -2.45. The van der Waals surface area contributed by atoms with E-state index in [0.717, 1.165) is 48.7 Å². The maximum Gasteiger partial charge on any atom is 0.260 e. The number of benzene rings is 2. The first-order chi connectivity index (χ1) is 15.5. The largest absolute Gasteiger partial charge is 0.309 e. The van der Waals surface area contributed by atoms with Gasteiger partial charge in [-0.1, -0.05) is 42.0 Å². The Morgan fingerprint density at radius 1 is 1.03 bits per heavy atom. The van der Waals surface area contributed by atoms with Crippen molar-refractivity contribution >= 4 is 21.6 Å². The maximum absolute atomic E-state index is 13.3. The van der Waals surface area contributed by atoms with E-state index in [2.05, 4.69) is 46.0 Å². The number of hydrogen-bond donors (Lipinski definition) is 1. The number of fused-ring (bicyclic) bond motifs is 1. The SMILES string of the molecule is Cc1cccc(CN2CCN(Cc3nc4scc(-c5ccc(F)cc5)c4c(=O)[nH]3)CC2)c1. The second-order valence-corrected chi connectivity index (χ2v) is 9.25. The second kappa shape index (κ2) is 8.94. The number of piperazine rings is 1. The smallest absolute Gasteiger partial charge is 0.260 e. The highest BCUT2D eigenvalue weighted by Crippen LogP contribution is 2.30.